The third-order valence-electron chi connectivity index (χ3n) is 7.12. The summed E-state index contributed by atoms with van der Waals surface area (Å²) in [7, 11) is 0. The number of halogens is 5. The molecule has 3 aliphatic rings. The van der Waals surface area contributed by atoms with E-state index in [2.05, 4.69) is 4.90 Å². The number of aliphatic carboxylic acids is 1. The number of carboxylic acids is 1. The normalized spacial score (nSPS) is 20.7. The Kier molecular flexibility index (Phi) is 9.19. The maximum absolute atomic E-state index is 13.7. The summed E-state index contributed by atoms with van der Waals surface area (Å²) in [6.07, 6.45) is -1.91. The van der Waals surface area contributed by atoms with Gasteiger partial charge < -0.3 is 19.3 Å². The minimum Gasteiger partial charge on any atom is -0.489 e. The van der Waals surface area contributed by atoms with Crippen LogP contribution in [0.4, 0.5) is 22.0 Å². The molecule has 0 saturated carbocycles. The number of benzene rings is 1. The first-order valence-electron chi connectivity index (χ1n) is 12.9. The number of rotatable bonds is 10. The highest BCUT2D eigenvalue weighted by Gasteiger charge is 2.40. The van der Waals surface area contributed by atoms with Gasteiger partial charge in [-0.2, -0.15) is 13.2 Å². The van der Waals surface area contributed by atoms with Gasteiger partial charge in [-0.25, -0.2) is 8.78 Å². The van der Waals surface area contributed by atoms with Crippen molar-refractivity contribution >= 4 is 12.0 Å². The number of nitrogens with zero attached hydrogens (tertiary/aromatic N) is 1. The van der Waals surface area contributed by atoms with Gasteiger partial charge in [0.05, 0.1) is 11.5 Å². The number of likely N-dealkylation sites (tertiary alicyclic amines) is 1. The van der Waals surface area contributed by atoms with Crippen molar-refractivity contribution in [1.29, 1.82) is 0 Å². The maximum atomic E-state index is 13.7. The minimum absolute atomic E-state index is 0.0982. The van der Waals surface area contributed by atoms with Crippen LogP contribution < -0.4 is 9.47 Å². The molecule has 1 unspecified atom stereocenters. The average Bonchev–Trinajstić information content (AvgIpc) is 2.90. The van der Waals surface area contributed by atoms with E-state index >= 15 is 0 Å². The quantitative estimate of drug-likeness (QED) is 0.370. The summed E-state index contributed by atoms with van der Waals surface area (Å²) in [4.78, 5) is 13.4. The van der Waals surface area contributed by atoms with Crippen LogP contribution in [-0.2, 0) is 9.53 Å². The number of ether oxygens (including phenoxy) is 3. The highest BCUT2D eigenvalue weighted by molar-refractivity contribution is 5.70. The van der Waals surface area contributed by atoms with Gasteiger partial charge in [-0.05, 0) is 67.8 Å². The van der Waals surface area contributed by atoms with E-state index < -0.39 is 48.8 Å². The summed E-state index contributed by atoms with van der Waals surface area (Å²) >= 11 is 0. The van der Waals surface area contributed by atoms with Crippen LogP contribution in [0.3, 0.4) is 0 Å². The zero-order chi connectivity index (χ0) is 28.2. The fraction of sp³-hybridized carbons (Fsp3) is 0.536. The molecular weight excluding hydrogens is 525 g/mol. The molecule has 214 valence electrons. The van der Waals surface area contributed by atoms with Gasteiger partial charge in [0.25, 0.3) is 0 Å². The molecule has 1 aromatic rings. The molecular formula is C28H32F5NO5. The van der Waals surface area contributed by atoms with Gasteiger partial charge in [0, 0.05) is 24.1 Å². The zero-order valence-corrected chi connectivity index (χ0v) is 21.6. The van der Waals surface area contributed by atoms with Crippen molar-refractivity contribution in [2.24, 2.45) is 11.8 Å². The lowest BCUT2D eigenvalue weighted by Crippen LogP contribution is -2.38. The molecule has 1 saturated heterocycles. The van der Waals surface area contributed by atoms with E-state index in [4.69, 9.17) is 19.3 Å². The lowest BCUT2D eigenvalue weighted by molar-refractivity contribution is -0.143. The van der Waals surface area contributed by atoms with Crippen molar-refractivity contribution in [2.75, 3.05) is 46.2 Å². The molecule has 1 aromatic carbocycles. The van der Waals surface area contributed by atoms with Crippen molar-refractivity contribution in [3.8, 4) is 11.5 Å². The van der Waals surface area contributed by atoms with Gasteiger partial charge in [0.1, 0.15) is 43.8 Å². The Morgan fingerprint density at radius 3 is 2.51 bits per heavy atom. The number of hydrogen-bond donors (Lipinski definition) is 1. The van der Waals surface area contributed by atoms with E-state index in [1.165, 1.54) is 6.92 Å². The molecule has 1 aliphatic carbocycles. The first-order chi connectivity index (χ1) is 18.6. The Labute approximate surface area is 223 Å². The fourth-order valence-electron chi connectivity index (χ4n) is 5.04. The summed E-state index contributed by atoms with van der Waals surface area (Å²) < 4.78 is 83.7. The highest BCUT2D eigenvalue weighted by Crippen LogP contribution is 2.40. The molecule has 0 aromatic heterocycles. The van der Waals surface area contributed by atoms with Crippen LogP contribution in [0.15, 0.2) is 46.8 Å². The number of alkyl halides is 5. The first kappa shape index (κ1) is 28.9. The zero-order valence-electron chi connectivity index (χ0n) is 21.6. The fourth-order valence-corrected chi connectivity index (χ4v) is 5.04. The smallest absolute Gasteiger partial charge is 0.419 e. The van der Waals surface area contributed by atoms with Crippen molar-refractivity contribution in [3.05, 3.63) is 52.3 Å². The van der Waals surface area contributed by atoms with Crippen LogP contribution in [0.1, 0.15) is 31.7 Å². The summed E-state index contributed by atoms with van der Waals surface area (Å²) in [5, 5.41) is 9.16. The predicted octanol–water partition coefficient (Wildman–Crippen LogP) is 5.74. The van der Waals surface area contributed by atoms with E-state index in [-0.39, 0.29) is 18.9 Å². The molecule has 1 fully saturated rings. The third kappa shape index (κ3) is 7.32. The highest BCUT2D eigenvalue weighted by atomic mass is 19.4. The van der Waals surface area contributed by atoms with Gasteiger partial charge in [0.15, 0.2) is 6.10 Å². The summed E-state index contributed by atoms with van der Waals surface area (Å²) in [5.74, 6) is -1.18. The molecule has 1 N–H and O–H groups in total. The molecule has 0 radical (unpaired) electrons. The van der Waals surface area contributed by atoms with Crippen LogP contribution in [-0.4, -0.2) is 74.5 Å². The van der Waals surface area contributed by atoms with Crippen molar-refractivity contribution in [1.82, 2.24) is 4.90 Å². The topological polar surface area (TPSA) is 68.2 Å². The lowest BCUT2D eigenvalue weighted by Gasteiger charge is -2.31. The van der Waals surface area contributed by atoms with Gasteiger partial charge in [-0.15, -0.1) is 0 Å². The number of allylic oxidation sites excluding steroid dienone is 3. The second-order valence-electron chi connectivity index (χ2n) is 10.2. The van der Waals surface area contributed by atoms with E-state index in [1.54, 1.807) is 12.1 Å². The summed E-state index contributed by atoms with van der Waals surface area (Å²) in [6, 6.07) is 5.23. The Morgan fingerprint density at radius 1 is 1.15 bits per heavy atom. The van der Waals surface area contributed by atoms with Crippen LogP contribution >= 0.6 is 0 Å². The Hall–Kier alpha value is -3.08. The second-order valence-corrected chi connectivity index (χ2v) is 10.2. The Bertz CT molecular complexity index is 1130. The van der Waals surface area contributed by atoms with Crippen LogP contribution in [0, 0.1) is 11.8 Å². The number of carboxylic acid groups (broad SMARTS) is 1. The van der Waals surface area contributed by atoms with E-state index in [0.29, 0.717) is 56.2 Å². The number of fused-ring (bicyclic) bond motifs is 1. The van der Waals surface area contributed by atoms with Crippen molar-refractivity contribution in [2.45, 2.75) is 38.5 Å². The summed E-state index contributed by atoms with van der Waals surface area (Å²) in [6.45, 7) is 1.47. The van der Waals surface area contributed by atoms with Gasteiger partial charge in [0.2, 0.25) is 0 Å². The SMILES string of the molecule is CC1CC(COc2ccc3c(c2)OCC(CN2CCC(C(=O)O)CC2)=C3)=CC(C(F)(F)F)=C1OC(CF)CF. The predicted molar refractivity (Wildman–Crippen MR) is 134 cm³/mol. The van der Waals surface area contributed by atoms with E-state index in [1.807, 2.05) is 12.1 Å². The molecule has 2 heterocycles. The molecule has 1 atom stereocenters. The van der Waals surface area contributed by atoms with Crippen LogP contribution in [0.2, 0.25) is 0 Å². The molecule has 0 spiro atoms. The van der Waals surface area contributed by atoms with Gasteiger partial charge in [-0.1, -0.05) is 6.92 Å². The van der Waals surface area contributed by atoms with E-state index in [0.717, 1.165) is 17.2 Å². The maximum Gasteiger partial charge on any atom is 0.419 e. The largest absolute Gasteiger partial charge is 0.489 e. The van der Waals surface area contributed by atoms with Crippen molar-refractivity contribution < 1.29 is 46.1 Å². The van der Waals surface area contributed by atoms with Gasteiger partial charge >= 0.3 is 12.1 Å². The molecule has 2 aliphatic heterocycles. The standard InChI is InChI=1S/C28H32F5NO5/c1-17-8-18(10-24(28(31,32)33)26(17)39-23(12-29)13-30)15-37-22-3-2-21-9-19(16-38-25(21)11-22)14-34-6-4-20(5-7-34)27(35)36/h2-3,9-11,17,20,23H,4-8,12-16H2,1H3,(H,35,36). The Balaban J connectivity index is 1.39. The molecule has 11 heteroatoms. The molecule has 39 heavy (non-hydrogen) atoms. The lowest BCUT2D eigenvalue weighted by atomic mass is 9.89. The monoisotopic (exact) mass is 557 g/mol. The molecule has 6 nitrogen and oxygen atoms in total. The van der Waals surface area contributed by atoms with E-state index in [9.17, 15) is 26.7 Å². The Morgan fingerprint density at radius 2 is 1.87 bits per heavy atom. The molecule has 4 rings (SSSR count). The van der Waals surface area contributed by atoms with Gasteiger partial charge in [-0.3, -0.25) is 9.69 Å². The number of hydrogen-bond acceptors (Lipinski definition) is 5. The number of piperidine rings is 1. The molecule has 0 amide bonds. The average molecular weight is 558 g/mol. The molecule has 0 bridgehead atoms. The first-order valence-corrected chi connectivity index (χ1v) is 12.9. The summed E-state index contributed by atoms with van der Waals surface area (Å²) in [5.41, 5.74) is 1.25. The van der Waals surface area contributed by atoms with Crippen molar-refractivity contribution in [3.63, 3.8) is 0 Å². The van der Waals surface area contributed by atoms with Crippen LogP contribution in [0.5, 0.6) is 11.5 Å². The van der Waals surface area contributed by atoms with Crippen LogP contribution in [0.25, 0.3) is 6.08 Å². The number of carbonyl (C=O) groups is 1. The minimum atomic E-state index is -4.75. The third-order valence-corrected chi connectivity index (χ3v) is 7.12. The second kappa shape index (κ2) is 12.4.